The molecular weight excluding hydrogens is 440 g/mol. The van der Waals surface area contributed by atoms with Crippen LogP contribution in [-0.4, -0.2) is 37.5 Å². The van der Waals surface area contributed by atoms with Crippen molar-refractivity contribution in [1.82, 2.24) is 5.32 Å². The van der Waals surface area contributed by atoms with Crippen LogP contribution in [0.1, 0.15) is 18.1 Å². The first-order chi connectivity index (χ1) is 15.2. The van der Waals surface area contributed by atoms with E-state index >= 15 is 0 Å². The molecule has 1 N–H and O–H groups in total. The molecule has 0 atom stereocenters. The summed E-state index contributed by atoms with van der Waals surface area (Å²) in [5.41, 5.74) is 1.32. The standard InChI is InChI=1S/C22H19ClN2O7/c1-3-12-4-6-14(7-5-12)25-21(29)15(20(28)24-22(25)30)8-13-9-16(23)19(17(10-13)31-2)32-11-18(26)27/h4-10H,3,11H2,1-2H3,(H,26,27)(H,24,28,30)/p-1/b15-8-. The first-order valence-corrected chi connectivity index (χ1v) is 9.83. The van der Waals surface area contributed by atoms with Crippen LogP contribution >= 0.6 is 11.6 Å². The number of urea groups is 1. The number of nitrogens with one attached hydrogen (secondary N) is 1. The third-order valence-electron chi connectivity index (χ3n) is 4.60. The number of hydrogen-bond donors (Lipinski definition) is 1. The minimum Gasteiger partial charge on any atom is -0.546 e. The second kappa shape index (κ2) is 9.52. The molecule has 1 heterocycles. The maximum absolute atomic E-state index is 13.0. The quantitative estimate of drug-likeness (QED) is 0.495. The van der Waals surface area contributed by atoms with Crippen molar-refractivity contribution in [2.75, 3.05) is 18.6 Å². The fourth-order valence-electron chi connectivity index (χ4n) is 3.03. The molecule has 9 nitrogen and oxygen atoms in total. The molecule has 3 rings (SSSR count). The Kier molecular flexibility index (Phi) is 6.79. The number of nitrogens with zero attached hydrogens (tertiary/aromatic N) is 1. The van der Waals surface area contributed by atoms with Crippen molar-refractivity contribution in [3.8, 4) is 11.5 Å². The van der Waals surface area contributed by atoms with Gasteiger partial charge in [0, 0.05) is 0 Å². The molecule has 166 valence electrons. The number of carboxylic acid groups (broad SMARTS) is 1. The van der Waals surface area contributed by atoms with Crippen LogP contribution < -0.4 is 24.8 Å². The average molecular weight is 458 g/mol. The van der Waals surface area contributed by atoms with E-state index in [2.05, 4.69) is 5.32 Å². The number of ether oxygens (including phenoxy) is 2. The molecule has 0 bridgehead atoms. The fourth-order valence-corrected chi connectivity index (χ4v) is 3.31. The van der Waals surface area contributed by atoms with E-state index in [0.717, 1.165) is 16.9 Å². The molecule has 10 heteroatoms. The number of hydrogen-bond acceptors (Lipinski definition) is 7. The van der Waals surface area contributed by atoms with Crippen LogP contribution in [0.25, 0.3) is 6.08 Å². The van der Waals surface area contributed by atoms with Gasteiger partial charge < -0.3 is 19.4 Å². The van der Waals surface area contributed by atoms with E-state index in [1.807, 2.05) is 6.92 Å². The maximum Gasteiger partial charge on any atom is 0.335 e. The minimum atomic E-state index is -1.45. The van der Waals surface area contributed by atoms with Gasteiger partial charge >= 0.3 is 6.03 Å². The summed E-state index contributed by atoms with van der Waals surface area (Å²) in [6.07, 6.45) is 2.03. The molecule has 1 aliphatic heterocycles. The van der Waals surface area contributed by atoms with Crippen LogP contribution in [-0.2, 0) is 20.8 Å². The zero-order chi connectivity index (χ0) is 23.4. The number of rotatable bonds is 7. The summed E-state index contributed by atoms with van der Waals surface area (Å²) in [5.74, 6) is -3.08. The first kappa shape index (κ1) is 22.8. The zero-order valence-corrected chi connectivity index (χ0v) is 17.9. The summed E-state index contributed by atoms with van der Waals surface area (Å²) in [6, 6.07) is 8.71. The number of amides is 4. The van der Waals surface area contributed by atoms with Gasteiger partial charge in [0.05, 0.1) is 23.8 Å². The number of benzene rings is 2. The van der Waals surface area contributed by atoms with Crippen molar-refractivity contribution in [2.45, 2.75) is 13.3 Å². The molecule has 2 aromatic rings. The van der Waals surface area contributed by atoms with E-state index in [1.54, 1.807) is 24.3 Å². The van der Waals surface area contributed by atoms with Crippen LogP contribution in [0.3, 0.4) is 0 Å². The number of aliphatic carboxylic acids is 1. The minimum absolute atomic E-state index is 0.01000. The van der Waals surface area contributed by atoms with Crippen LogP contribution in [0.15, 0.2) is 42.0 Å². The lowest BCUT2D eigenvalue weighted by Crippen LogP contribution is -2.54. The highest BCUT2D eigenvalue weighted by atomic mass is 35.5. The number of carbonyl (C=O) groups excluding carboxylic acids is 4. The molecule has 32 heavy (non-hydrogen) atoms. The number of anilines is 1. The highest BCUT2D eigenvalue weighted by molar-refractivity contribution is 6.39. The van der Waals surface area contributed by atoms with Gasteiger partial charge in [0.1, 0.15) is 12.2 Å². The van der Waals surface area contributed by atoms with E-state index in [0.29, 0.717) is 11.3 Å². The number of methoxy groups -OCH3 is 1. The number of carbonyl (C=O) groups is 4. The third kappa shape index (κ3) is 4.73. The lowest BCUT2D eigenvalue weighted by Gasteiger charge is -2.26. The number of imide groups is 2. The van der Waals surface area contributed by atoms with Crippen LogP contribution in [0, 0.1) is 0 Å². The number of carboxylic acids is 1. The lowest BCUT2D eigenvalue weighted by atomic mass is 10.1. The largest absolute Gasteiger partial charge is 0.546 e. The van der Waals surface area contributed by atoms with Crippen molar-refractivity contribution >= 4 is 47.2 Å². The number of halogens is 1. The first-order valence-electron chi connectivity index (χ1n) is 9.45. The normalized spacial score (nSPS) is 15.0. The fraction of sp³-hybridized carbons (Fsp3) is 0.182. The van der Waals surface area contributed by atoms with Gasteiger partial charge in [-0.1, -0.05) is 30.7 Å². The molecule has 2 aromatic carbocycles. The van der Waals surface area contributed by atoms with E-state index in [9.17, 15) is 24.3 Å². The predicted octanol–water partition coefficient (Wildman–Crippen LogP) is 1.71. The molecule has 1 fully saturated rings. The van der Waals surface area contributed by atoms with Crippen molar-refractivity contribution in [2.24, 2.45) is 0 Å². The van der Waals surface area contributed by atoms with Gasteiger partial charge in [-0.15, -0.1) is 0 Å². The van der Waals surface area contributed by atoms with E-state index in [1.165, 1.54) is 25.3 Å². The van der Waals surface area contributed by atoms with Gasteiger partial charge in [0.2, 0.25) is 0 Å². The summed E-state index contributed by atoms with van der Waals surface area (Å²) in [6.45, 7) is 1.23. The Bertz CT molecular complexity index is 1130. The summed E-state index contributed by atoms with van der Waals surface area (Å²) >= 11 is 6.17. The molecular formula is C22H18ClN2O7-. The number of barbiturate groups is 1. The maximum atomic E-state index is 13.0. The van der Waals surface area contributed by atoms with Crippen LogP contribution in [0.4, 0.5) is 10.5 Å². The summed E-state index contributed by atoms with van der Waals surface area (Å²) in [4.78, 5) is 49.2. The molecule has 1 aliphatic rings. The van der Waals surface area contributed by atoms with Crippen molar-refractivity contribution in [3.05, 3.63) is 58.1 Å². The Morgan fingerprint density at radius 2 is 1.88 bits per heavy atom. The van der Waals surface area contributed by atoms with Gasteiger partial charge in [-0.25, -0.2) is 9.69 Å². The summed E-state index contributed by atoms with van der Waals surface area (Å²) < 4.78 is 10.2. The second-order valence-electron chi connectivity index (χ2n) is 6.67. The van der Waals surface area contributed by atoms with Crippen molar-refractivity contribution < 1.29 is 33.8 Å². The van der Waals surface area contributed by atoms with Crippen LogP contribution in [0.5, 0.6) is 11.5 Å². The molecule has 0 aliphatic carbocycles. The van der Waals surface area contributed by atoms with Crippen LogP contribution in [0.2, 0.25) is 5.02 Å². The highest BCUT2D eigenvalue weighted by Crippen LogP contribution is 2.37. The third-order valence-corrected chi connectivity index (χ3v) is 4.88. The molecule has 0 radical (unpaired) electrons. The molecule has 4 amide bonds. The molecule has 0 unspecified atom stereocenters. The Labute approximate surface area is 188 Å². The smallest absolute Gasteiger partial charge is 0.335 e. The van der Waals surface area contributed by atoms with Crippen molar-refractivity contribution in [3.63, 3.8) is 0 Å². The summed E-state index contributed by atoms with van der Waals surface area (Å²) in [5, 5.41) is 12.8. The summed E-state index contributed by atoms with van der Waals surface area (Å²) in [7, 11) is 1.31. The predicted molar refractivity (Wildman–Crippen MR) is 113 cm³/mol. The van der Waals surface area contributed by atoms with E-state index < -0.39 is 30.4 Å². The Morgan fingerprint density at radius 1 is 1.19 bits per heavy atom. The zero-order valence-electron chi connectivity index (χ0n) is 17.1. The lowest BCUT2D eigenvalue weighted by molar-refractivity contribution is -0.307. The van der Waals surface area contributed by atoms with E-state index in [4.69, 9.17) is 21.1 Å². The van der Waals surface area contributed by atoms with Gasteiger partial charge in [-0.2, -0.15) is 0 Å². The SMILES string of the molecule is CCc1ccc(N2C(=O)NC(=O)/C(=C/c3cc(Cl)c(OCC(=O)[O-])c(OC)c3)C2=O)cc1. The molecule has 0 aromatic heterocycles. The molecule has 1 saturated heterocycles. The topological polar surface area (TPSA) is 125 Å². The Morgan fingerprint density at radius 3 is 2.47 bits per heavy atom. The monoisotopic (exact) mass is 457 g/mol. The van der Waals surface area contributed by atoms with Gasteiger partial charge in [-0.05, 0) is 47.9 Å². The van der Waals surface area contributed by atoms with Gasteiger partial charge in [-0.3, -0.25) is 14.9 Å². The highest BCUT2D eigenvalue weighted by Gasteiger charge is 2.36. The average Bonchev–Trinajstić information content (AvgIpc) is 2.75. The van der Waals surface area contributed by atoms with Crippen molar-refractivity contribution in [1.29, 1.82) is 0 Å². The molecule has 0 saturated carbocycles. The Hall–Kier alpha value is -3.85. The molecule has 0 spiro atoms. The number of aryl methyl sites for hydroxylation is 1. The Balaban J connectivity index is 1.98. The van der Waals surface area contributed by atoms with Gasteiger partial charge in [0.25, 0.3) is 11.8 Å². The van der Waals surface area contributed by atoms with Gasteiger partial charge in [0.15, 0.2) is 11.5 Å². The van der Waals surface area contributed by atoms with E-state index in [-0.39, 0.29) is 22.1 Å². The second-order valence-corrected chi connectivity index (χ2v) is 7.08.